The van der Waals surface area contributed by atoms with Crippen LogP contribution in [0.3, 0.4) is 0 Å². The number of nitrogens with zero attached hydrogens (tertiary/aromatic N) is 6. The minimum absolute atomic E-state index is 0.204. The summed E-state index contributed by atoms with van der Waals surface area (Å²) in [6.07, 6.45) is 0. The van der Waals surface area contributed by atoms with Gasteiger partial charge in [0.15, 0.2) is 15.2 Å². The Bertz CT molecular complexity index is 1130. The molecular weight excluding hydrogens is 420 g/mol. The first-order valence-electron chi connectivity index (χ1n) is 7.75. The summed E-state index contributed by atoms with van der Waals surface area (Å²) in [5.74, 6) is 1.51. The monoisotopic (exact) mass is 430 g/mol. The third kappa shape index (κ3) is 3.94. The molecule has 4 rings (SSSR count). The summed E-state index contributed by atoms with van der Waals surface area (Å²) >= 11 is 10.6. The highest BCUT2D eigenvalue weighted by Crippen LogP contribution is 2.32. The van der Waals surface area contributed by atoms with Crippen LogP contribution < -0.4 is 0 Å². The molecular formula is C17H11ClN6S3. The number of benzene rings is 1. The van der Waals surface area contributed by atoms with Crippen molar-refractivity contribution in [3.05, 3.63) is 52.9 Å². The maximum Gasteiger partial charge on any atom is 0.197 e. The van der Waals surface area contributed by atoms with Crippen LogP contribution in [0, 0.1) is 11.3 Å². The van der Waals surface area contributed by atoms with Crippen LogP contribution in [0.5, 0.6) is 0 Å². The van der Waals surface area contributed by atoms with Crippen LogP contribution in [0.2, 0.25) is 5.02 Å². The number of fused-ring (bicyclic) bond motifs is 1. The van der Waals surface area contributed by atoms with Gasteiger partial charge >= 0.3 is 0 Å². The van der Waals surface area contributed by atoms with Crippen LogP contribution in [-0.4, -0.2) is 24.7 Å². The Hall–Kier alpha value is -2.12. The zero-order chi connectivity index (χ0) is 18.8. The quantitative estimate of drug-likeness (QED) is 0.421. The molecule has 3 heterocycles. The van der Waals surface area contributed by atoms with Crippen LogP contribution in [-0.2, 0) is 12.8 Å². The number of thiazole rings is 1. The lowest BCUT2D eigenvalue weighted by Crippen LogP contribution is -1.98. The Kier molecular flexibility index (Phi) is 5.31. The van der Waals surface area contributed by atoms with Gasteiger partial charge in [0.25, 0.3) is 0 Å². The highest BCUT2D eigenvalue weighted by atomic mass is 35.5. The van der Waals surface area contributed by atoms with Crippen LogP contribution >= 0.6 is 46.5 Å². The zero-order valence-corrected chi connectivity index (χ0v) is 17.2. The second-order valence-corrected chi connectivity index (χ2v) is 9.04. The fraction of sp³-hybridized carbons (Fsp3) is 0.118. The summed E-state index contributed by atoms with van der Waals surface area (Å²) in [6, 6.07) is 13.5. The maximum atomic E-state index is 9.05. The van der Waals surface area contributed by atoms with Gasteiger partial charge in [-0.2, -0.15) is 5.26 Å². The van der Waals surface area contributed by atoms with E-state index in [0.29, 0.717) is 21.0 Å². The zero-order valence-electron chi connectivity index (χ0n) is 14.0. The van der Waals surface area contributed by atoms with E-state index in [4.69, 9.17) is 16.9 Å². The molecule has 0 radical (unpaired) electrons. The van der Waals surface area contributed by atoms with E-state index in [1.807, 2.05) is 35.9 Å². The van der Waals surface area contributed by atoms with Crippen LogP contribution in [0.4, 0.5) is 0 Å². The van der Waals surface area contributed by atoms with Crippen molar-refractivity contribution < 1.29 is 0 Å². The normalized spacial score (nSPS) is 11.0. The number of para-hydroxylation sites is 1. The number of hydrogen-bond donors (Lipinski definition) is 0. The molecule has 27 heavy (non-hydrogen) atoms. The van der Waals surface area contributed by atoms with Gasteiger partial charge < -0.3 is 4.57 Å². The van der Waals surface area contributed by atoms with E-state index in [2.05, 4.69) is 26.2 Å². The molecule has 0 N–H and O–H groups in total. The molecule has 0 aliphatic rings. The lowest BCUT2D eigenvalue weighted by atomic mass is 10.3. The lowest BCUT2D eigenvalue weighted by molar-refractivity contribution is 0.760. The highest BCUT2D eigenvalue weighted by Gasteiger charge is 2.13. The molecule has 0 spiro atoms. The van der Waals surface area contributed by atoms with Gasteiger partial charge in [0.2, 0.25) is 0 Å². The predicted molar refractivity (Wildman–Crippen MR) is 108 cm³/mol. The van der Waals surface area contributed by atoms with E-state index in [-0.39, 0.29) is 5.69 Å². The van der Waals surface area contributed by atoms with Crippen molar-refractivity contribution in [2.75, 3.05) is 0 Å². The molecule has 0 bridgehead atoms. The topological polar surface area (TPSA) is 80.3 Å². The van der Waals surface area contributed by atoms with E-state index in [1.165, 1.54) is 16.5 Å². The summed E-state index contributed by atoms with van der Waals surface area (Å²) in [4.78, 5) is 8.85. The third-order valence-electron chi connectivity index (χ3n) is 3.65. The van der Waals surface area contributed by atoms with Gasteiger partial charge in [-0.1, -0.05) is 35.5 Å². The average Bonchev–Trinajstić information content (AvgIpc) is 3.25. The van der Waals surface area contributed by atoms with Gasteiger partial charge in [-0.25, -0.2) is 9.97 Å². The largest absolute Gasteiger partial charge is 0.308 e. The summed E-state index contributed by atoms with van der Waals surface area (Å²) in [5, 5.41) is 19.2. The van der Waals surface area contributed by atoms with Gasteiger partial charge in [0, 0.05) is 7.05 Å². The van der Waals surface area contributed by atoms with E-state index >= 15 is 0 Å². The number of nitriles is 1. The van der Waals surface area contributed by atoms with Gasteiger partial charge in [0.1, 0.15) is 16.9 Å². The molecule has 0 amide bonds. The fourth-order valence-electron chi connectivity index (χ4n) is 2.25. The van der Waals surface area contributed by atoms with Crippen molar-refractivity contribution in [2.24, 2.45) is 7.05 Å². The number of thioether (sulfide) groups is 1. The summed E-state index contributed by atoms with van der Waals surface area (Å²) in [5.41, 5.74) is 1.22. The number of halogens is 1. The molecule has 4 aromatic rings. The third-order valence-corrected chi connectivity index (χ3v) is 7.10. The van der Waals surface area contributed by atoms with E-state index < -0.39 is 0 Å². The first-order chi connectivity index (χ1) is 13.1. The van der Waals surface area contributed by atoms with Gasteiger partial charge in [-0.3, -0.25) is 0 Å². The smallest absolute Gasteiger partial charge is 0.197 e. The van der Waals surface area contributed by atoms with E-state index in [1.54, 1.807) is 35.2 Å². The fourth-order valence-corrected chi connectivity index (χ4v) is 5.23. The Balaban J connectivity index is 1.48. The van der Waals surface area contributed by atoms with Gasteiger partial charge in [0.05, 0.1) is 21.0 Å². The molecule has 0 fully saturated rings. The molecule has 3 aromatic heterocycles. The molecule has 1 aromatic carbocycles. The molecule has 0 atom stereocenters. The summed E-state index contributed by atoms with van der Waals surface area (Å²) in [7, 11) is 1.91. The second-order valence-electron chi connectivity index (χ2n) is 5.39. The van der Waals surface area contributed by atoms with Crippen molar-refractivity contribution in [2.45, 2.75) is 20.3 Å². The Morgan fingerprint density at radius 1 is 1.19 bits per heavy atom. The number of hydrogen-bond acceptors (Lipinski definition) is 8. The van der Waals surface area contributed by atoms with E-state index in [9.17, 15) is 0 Å². The predicted octanol–water partition coefficient (Wildman–Crippen LogP) is 4.79. The minimum Gasteiger partial charge on any atom is -0.308 e. The molecule has 0 unspecified atom stereocenters. The average molecular weight is 431 g/mol. The summed E-state index contributed by atoms with van der Waals surface area (Å²) in [6.45, 7) is 0. The van der Waals surface area contributed by atoms with Crippen molar-refractivity contribution >= 4 is 56.7 Å². The molecule has 10 heteroatoms. The van der Waals surface area contributed by atoms with Gasteiger partial charge in [-0.05, 0) is 36.0 Å². The van der Waals surface area contributed by atoms with Crippen LogP contribution in [0.1, 0.15) is 11.5 Å². The molecule has 0 aliphatic heterocycles. The first kappa shape index (κ1) is 18.3. The van der Waals surface area contributed by atoms with Crippen LogP contribution in [0.15, 0.2) is 50.9 Å². The molecule has 6 nitrogen and oxygen atoms in total. The second kappa shape index (κ2) is 7.86. The number of pyridine rings is 1. The maximum absolute atomic E-state index is 9.05. The van der Waals surface area contributed by atoms with Crippen molar-refractivity contribution in [1.29, 1.82) is 5.26 Å². The SMILES string of the molecule is Cn1c(CSc2nc3ccccc3s2)nnc1Sc1ccc(Cl)c(C#N)n1. The van der Waals surface area contributed by atoms with Crippen molar-refractivity contribution in [3.8, 4) is 6.07 Å². The Morgan fingerprint density at radius 3 is 2.85 bits per heavy atom. The highest BCUT2D eigenvalue weighted by molar-refractivity contribution is 8.00. The van der Waals surface area contributed by atoms with E-state index in [0.717, 1.165) is 15.7 Å². The van der Waals surface area contributed by atoms with Crippen molar-refractivity contribution in [1.82, 2.24) is 24.7 Å². The Morgan fingerprint density at radius 2 is 2.04 bits per heavy atom. The van der Waals surface area contributed by atoms with Crippen LogP contribution in [0.25, 0.3) is 10.2 Å². The summed E-state index contributed by atoms with van der Waals surface area (Å²) < 4.78 is 4.11. The molecule has 0 saturated heterocycles. The van der Waals surface area contributed by atoms with Crippen molar-refractivity contribution in [3.63, 3.8) is 0 Å². The molecule has 0 aliphatic carbocycles. The standard InChI is InChI=1S/C17H11ClN6S3/c1-24-14(9-25-17-21-11-4-2-3-5-13(11)26-17)22-23-16(24)27-15-7-6-10(18)12(8-19)20-15/h2-7H,9H2,1H3. The van der Waals surface area contributed by atoms with Gasteiger partial charge in [-0.15, -0.1) is 21.5 Å². The molecule has 0 saturated carbocycles. The minimum atomic E-state index is 0.204. The first-order valence-corrected chi connectivity index (χ1v) is 10.7. The number of aromatic nitrogens is 5. The Labute approximate surface area is 172 Å². The number of rotatable bonds is 5. The molecule has 134 valence electrons. The lowest BCUT2D eigenvalue weighted by Gasteiger charge is -2.03.